The third kappa shape index (κ3) is 3.96. The molecule has 2 aromatic carbocycles. The molecule has 0 radical (unpaired) electrons. The number of rotatable bonds is 5. The van der Waals surface area contributed by atoms with Gasteiger partial charge in [0.15, 0.2) is 0 Å². The van der Waals surface area contributed by atoms with Crippen LogP contribution in [-0.4, -0.2) is 29.1 Å². The van der Waals surface area contributed by atoms with Gasteiger partial charge in [0.2, 0.25) is 0 Å². The smallest absolute Gasteiger partial charge is 0.270 e. The van der Waals surface area contributed by atoms with Crippen molar-refractivity contribution in [1.82, 2.24) is 10.1 Å². The van der Waals surface area contributed by atoms with Gasteiger partial charge in [0.25, 0.3) is 11.8 Å². The number of benzene rings is 2. The van der Waals surface area contributed by atoms with Crippen molar-refractivity contribution in [2.45, 2.75) is 52.6 Å². The Morgan fingerprint density at radius 1 is 1.25 bits per heavy atom. The Kier molecular flexibility index (Phi) is 5.47. The minimum atomic E-state index is -0.251. The van der Waals surface area contributed by atoms with Crippen molar-refractivity contribution >= 4 is 17.9 Å². The first kappa shape index (κ1) is 21.6. The second-order valence-electron chi connectivity index (χ2n) is 9.24. The van der Waals surface area contributed by atoms with E-state index in [4.69, 9.17) is 9.26 Å². The van der Waals surface area contributed by atoms with E-state index in [0.717, 1.165) is 29.5 Å². The lowest BCUT2D eigenvalue weighted by atomic mass is 9.84. The van der Waals surface area contributed by atoms with Crippen molar-refractivity contribution in [1.29, 1.82) is 5.26 Å². The van der Waals surface area contributed by atoms with Crippen molar-refractivity contribution in [3.63, 3.8) is 0 Å². The Bertz CT molecular complexity index is 1210. The SMILES string of the molecule is CC(C)Oc1c(C#N)cc(-c2nc(N3CCc4cc(C=O)ccc43)no2)cc1C(C)(C)C. The van der Waals surface area contributed by atoms with E-state index in [1.54, 1.807) is 12.1 Å². The lowest BCUT2D eigenvalue weighted by Gasteiger charge is -2.25. The van der Waals surface area contributed by atoms with Gasteiger partial charge in [-0.05, 0) is 66.7 Å². The van der Waals surface area contributed by atoms with Crippen LogP contribution in [0.25, 0.3) is 11.5 Å². The number of nitriles is 1. The third-order valence-corrected chi connectivity index (χ3v) is 5.41. The molecule has 0 saturated heterocycles. The van der Waals surface area contributed by atoms with Gasteiger partial charge in [-0.3, -0.25) is 4.79 Å². The van der Waals surface area contributed by atoms with Crippen LogP contribution in [0.15, 0.2) is 34.9 Å². The highest BCUT2D eigenvalue weighted by atomic mass is 16.5. The van der Waals surface area contributed by atoms with Gasteiger partial charge in [-0.1, -0.05) is 20.8 Å². The van der Waals surface area contributed by atoms with Crippen molar-refractivity contribution in [3.8, 4) is 23.3 Å². The average molecular weight is 431 g/mol. The van der Waals surface area contributed by atoms with Crippen LogP contribution in [0.5, 0.6) is 5.75 Å². The maximum Gasteiger partial charge on any atom is 0.270 e. The number of nitrogens with zero attached hydrogens (tertiary/aromatic N) is 4. The molecule has 32 heavy (non-hydrogen) atoms. The summed E-state index contributed by atoms with van der Waals surface area (Å²) >= 11 is 0. The predicted molar refractivity (Wildman–Crippen MR) is 121 cm³/mol. The Morgan fingerprint density at radius 2 is 2.03 bits per heavy atom. The van der Waals surface area contributed by atoms with Gasteiger partial charge in [-0.2, -0.15) is 10.2 Å². The number of hydrogen-bond acceptors (Lipinski definition) is 7. The molecule has 0 N–H and O–H groups in total. The van der Waals surface area contributed by atoms with Crippen LogP contribution in [0.3, 0.4) is 0 Å². The fraction of sp³-hybridized carbons (Fsp3) is 0.360. The number of aromatic nitrogens is 2. The summed E-state index contributed by atoms with van der Waals surface area (Å²) in [6.07, 6.45) is 1.59. The highest BCUT2D eigenvalue weighted by Crippen LogP contribution is 2.39. The molecule has 1 aliphatic heterocycles. The van der Waals surface area contributed by atoms with Crippen LogP contribution in [-0.2, 0) is 11.8 Å². The largest absolute Gasteiger partial charge is 0.489 e. The van der Waals surface area contributed by atoms with E-state index in [9.17, 15) is 10.1 Å². The zero-order valence-corrected chi connectivity index (χ0v) is 19.0. The molecule has 0 saturated carbocycles. The number of ether oxygens (including phenoxy) is 1. The topological polar surface area (TPSA) is 92.2 Å². The van der Waals surface area contributed by atoms with Gasteiger partial charge in [-0.15, -0.1) is 0 Å². The quantitative estimate of drug-likeness (QED) is 0.514. The Balaban J connectivity index is 1.74. The van der Waals surface area contributed by atoms with Gasteiger partial charge in [-0.25, -0.2) is 0 Å². The van der Waals surface area contributed by atoms with E-state index in [1.165, 1.54) is 0 Å². The van der Waals surface area contributed by atoms with Crippen LogP contribution in [0.4, 0.5) is 11.6 Å². The Morgan fingerprint density at radius 3 is 2.69 bits per heavy atom. The number of hydrogen-bond donors (Lipinski definition) is 0. The zero-order chi connectivity index (χ0) is 23.0. The van der Waals surface area contributed by atoms with Gasteiger partial charge in [0.05, 0.1) is 11.7 Å². The van der Waals surface area contributed by atoms with Gasteiger partial charge < -0.3 is 14.2 Å². The highest BCUT2D eigenvalue weighted by Gasteiger charge is 2.28. The lowest BCUT2D eigenvalue weighted by Crippen LogP contribution is -2.17. The maximum absolute atomic E-state index is 11.1. The van der Waals surface area contributed by atoms with E-state index in [1.807, 2.05) is 36.9 Å². The van der Waals surface area contributed by atoms with Crippen LogP contribution in [0.1, 0.15) is 61.7 Å². The number of carbonyl (C=O) groups is 1. The molecule has 0 aliphatic carbocycles. The fourth-order valence-electron chi connectivity index (χ4n) is 3.90. The molecule has 0 fully saturated rings. The maximum atomic E-state index is 11.1. The average Bonchev–Trinajstić information content (AvgIpc) is 3.39. The lowest BCUT2D eigenvalue weighted by molar-refractivity contribution is 0.112. The Hall–Kier alpha value is -3.66. The molecule has 7 heteroatoms. The minimum Gasteiger partial charge on any atom is -0.489 e. The van der Waals surface area contributed by atoms with E-state index in [2.05, 4.69) is 37.0 Å². The van der Waals surface area contributed by atoms with Gasteiger partial charge >= 0.3 is 0 Å². The second kappa shape index (κ2) is 8.12. The van der Waals surface area contributed by atoms with Gasteiger partial charge in [0, 0.05) is 28.9 Å². The molecule has 0 unspecified atom stereocenters. The third-order valence-electron chi connectivity index (χ3n) is 5.41. The zero-order valence-electron chi connectivity index (χ0n) is 19.0. The molecule has 164 valence electrons. The molecule has 0 atom stereocenters. The molecular formula is C25H26N4O3. The van der Waals surface area contributed by atoms with Crippen molar-refractivity contribution in [2.24, 2.45) is 0 Å². The molecule has 1 aromatic heterocycles. The minimum absolute atomic E-state index is 0.0565. The van der Waals surface area contributed by atoms with Crippen LogP contribution in [0.2, 0.25) is 0 Å². The standard InChI is InChI=1S/C25H26N4O3/c1-15(2)31-22-19(13-26)11-18(12-20(22)25(3,4)5)23-27-24(28-32-23)29-9-8-17-10-16(14-30)6-7-21(17)29/h6-7,10-12,14-15H,8-9H2,1-5H3. The molecule has 0 spiro atoms. The number of carbonyl (C=O) groups excluding carboxylic acids is 1. The van der Waals surface area contributed by atoms with Crippen molar-refractivity contribution in [3.05, 3.63) is 52.6 Å². The van der Waals surface area contributed by atoms with E-state index < -0.39 is 0 Å². The molecule has 7 nitrogen and oxygen atoms in total. The molecule has 0 bridgehead atoms. The predicted octanol–water partition coefficient (Wildman–Crippen LogP) is 5.20. The summed E-state index contributed by atoms with van der Waals surface area (Å²) < 4.78 is 11.6. The summed E-state index contributed by atoms with van der Waals surface area (Å²) in [5.41, 5.74) is 4.48. The Labute approximate surface area is 187 Å². The van der Waals surface area contributed by atoms with Crippen LogP contribution < -0.4 is 9.64 Å². The number of anilines is 2. The van der Waals surface area contributed by atoms with Gasteiger partial charge in [0.1, 0.15) is 18.1 Å². The van der Waals surface area contributed by atoms with Crippen LogP contribution in [0, 0.1) is 11.3 Å². The van der Waals surface area contributed by atoms with E-state index >= 15 is 0 Å². The van der Waals surface area contributed by atoms with Crippen molar-refractivity contribution < 1.29 is 14.1 Å². The van der Waals surface area contributed by atoms with Crippen molar-refractivity contribution in [2.75, 3.05) is 11.4 Å². The number of fused-ring (bicyclic) bond motifs is 1. The molecule has 2 heterocycles. The summed E-state index contributed by atoms with van der Waals surface area (Å²) in [4.78, 5) is 17.7. The first-order valence-corrected chi connectivity index (χ1v) is 10.7. The highest BCUT2D eigenvalue weighted by molar-refractivity contribution is 5.79. The summed E-state index contributed by atoms with van der Waals surface area (Å²) in [7, 11) is 0. The normalized spacial score (nSPS) is 13.2. The molecule has 4 rings (SSSR count). The first-order chi connectivity index (χ1) is 15.2. The molecule has 3 aromatic rings. The van der Waals surface area contributed by atoms with E-state index in [-0.39, 0.29) is 11.5 Å². The second-order valence-corrected chi connectivity index (χ2v) is 9.24. The van der Waals surface area contributed by atoms with Crippen LogP contribution >= 0.6 is 0 Å². The first-order valence-electron chi connectivity index (χ1n) is 10.7. The summed E-state index contributed by atoms with van der Waals surface area (Å²) in [6.45, 7) is 10.8. The summed E-state index contributed by atoms with van der Waals surface area (Å²) in [5, 5.41) is 14.0. The molecular weight excluding hydrogens is 404 g/mol. The molecule has 0 amide bonds. The summed E-state index contributed by atoms with van der Waals surface area (Å²) in [6, 6.07) is 11.5. The molecule has 1 aliphatic rings. The number of aldehydes is 1. The monoisotopic (exact) mass is 430 g/mol. The van der Waals surface area contributed by atoms with E-state index in [0.29, 0.717) is 40.8 Å². The summed E-state index contributed by atoms with van der Waals surface area (Å²) in [5.74, 6) is 1.39. The fourth-order valence-corrected chi connectivity index (χ4v) is 3.90.